The highest BCUT2D eigenvalue weighted by Gasteiger charge is 2.56. The van der Waals surface area contributed by atoms with Gasteiger partial charge in [-0.15, -0.1) is 0 Å². The minimum Gasteiger partial charge on any atom is -0.398 e. The second-order valence-electron chi connectivity index (χ2n) is 10.2. The van der Waals surface area contributed by atoms with E-state index in [1.54, 1.807) is 4.90 Å². The summed E-state index contributed by atoms with van der Waals surface area (Å²) in [5.41, 5.74) is 1.96. The number of alkyl halides is 3. The summed E-state index contributed by atoms with van der Waals surface area (Å²) >= 11 is 5.78. The number of pyridine rings is 1. The molecule has 0 unspecified atom stereocenters. The number of rotatable bonds is 5. The van der Waals surface area contributed by atoms with Crippen molar-refractivity contribution in [3.05, 3.63) is 34.9 Å². The highest BCUT2D eigenvalue weighted by Crippen LogP contribution is 2.50. The van der Waals surface area contributed by atoms with E-state index >= 15 is 0 Å². The summed E-state index contributed by atoms with van der Waals surface area (Å²) in [6.07, 6.45) is -1.59. The average Bonchev–Trinajstić information content (AvgIpc) is 3.59. The zero-order chi connectivity index (χ0) is 27.2. The van der Waals surface area contributed by atoms with E-state index in [4.69, 9.17) is 22.7 Å². The molecule has 2 aliphatic carbocycles. The van der Waals surface area contributed by atoms with Crippen LogP contribution in [0.4, 0.5) is 17.6 Å². The Labute approximate surface area is 215 Å². The Morgan fingerprint density at radius 2 is 1.89 bits per heavy atom. The number of carbonyl (C=O) groups excluding carboxylic acids is 2. The van der Waals surface area contributed by atoms with Crippen molar-refractivity contribution in [3.63, 3.8) is 0 Å². The van der Waals surface area contributed by atoms with Gasteiger partial charge in [-0.3, -0.25) is 15.0 Å². The number of aliphatic hydroxyl groups is 1. The predicted molar refractivity (Wildman–Crippen MR) is 127 cm³/mol. The van der Waals surface area contributed by atoms with Crippen LogP contribution >= 0.6 is 11.6 Å². The summed E-state index contributed by atoms with van der Waals surface area (Å²) in [5.74, 6) is -2.02. The number of hydrogen-bond donors (Lipinski definition) is 4. The van der Waals surface area contributed by atoms with E-state index < -0.39 is 59.6 Å². The molecule has 0 radical (unpaired) electrons. The molecular formula is C24H28ClF4N5O3. The van der Waals surface area contributed by atoms with Gasteiger partial charge in [-0.25, -0.2) is 9.37 Å². The lowest BCUT2D eigenvalue weighted by atomic mass is 9.81. The molecular weight excluding hydrogens is 518 g/mol. The molecule has 37 heavy (non-hydrogen) atoms. The SMILES string of the molecule is N=C(/C=C(\N)c1cc(Cl)ncc1F)C(=O)N1CC[C@@H](C(=O)N[C@H]2CC[C@@](O)(C(F)(F)F)CC2)CC12CC2. The third-order valence-electron chi connectivity index (χ3n) is 7.69. The molecule has 2 amide bonds. The molecule has 0 bridgehead atoms. The highest BCUT2D eigenvalue weighted by molar-refractivity contribution is 6.43. The van der Waals surface area contributed by atoms with Gasteiger partial charge in [-0.1, -0.05) is 11.6 Å². The van der Waals surface area contributed by atoms with Crippen LogP contribution in [0.1, 0.15) is 56.9 Å². The zero-order valence-corrected chi connectivity index (χ0v) is 20.6. The lowest BCUT2D eigenvalue weighted by molar-refractivity contribution is -0.270. The topological polar surface area (TPSA) is 132 Å². The van der Waals surface area contributed by atoms with Crippen molar-refractivity contribution in [1.29, 1.82) is 5.41 Å². The van der Waals surface area contributed by atoms with E-state index in [0.29, 0.717) is 25.7 Å². The quantitative estimate of drug-likeness (QED) is 0.256. The van der Waals surface area contributed by atoms with Gasteiger partial charge in [0.25, 0.3) is 5.91 Å². The molecule has 1 spiro atoms. The van der Waals surface area contributed by atoms with Crippen LogP contribution in [0.2, 0.25) is 5.15 Å². The van der Waals surface area contributed by atoms with Gasteiger partial charge < -0.3 is 21.1 Å². The van der Waals surface area contributed by atoms with Gasteiger partial charge in [0.15, 0.2) is 11.4 Å². The van der Waals surface area contributed by atoms with Crippen LogP contribution < -0.4 is 11.1 Å². The molecule has 3 fully saturated rings. The Morgan fingerprint density at radius 1 is 1.24 bits per heavy atom. The number of aromatic nitrogens is 1. The Hall–Kier alpha value is -2.73. The number of likely N-dealkylation sites (tertiary alicyclic amines) is 1. The first-order valence-corrected chi connectivity index (χ1v) is 12.4. The van der Waals surface area contributed by atoms with Crippen molar-refractivity contribution in [3.8, 4) is 0 Å². The van der Waals surface area contributed by atoms with Crippen LogP contribution in [0.3, 0.4) is 0 Å². The number of carbonyl (C=O) groups is 2. The lowest BCUT2D eigenvalue weighted by Gasteiger charge is -2.41. The molecule has 1 aliphatic heterocycles. The molecule has 1 aromatic heterocycles. The van der Waals surface area contributed by atoms with Crippen LogP contribution in [0.25, 0.3) is 5.70 Å². The molecule has 4 rings (SSSR count). The van der Waals surface area contributed by atoms with Gasteiger partial charge >= 0.3 is 6.18 Å². The average molecular weight is 546 g/mol. The van der Waals surface area contributed by atoms with Crippen LogP contribution in [0.15, 0.2) is 18.3 Å². The number of halogens is 5. The molecule has 0 aromatic carbocycles. The van der Waals surface area contributed by atoms with Crippen molar-refractivity contribution in [2.45, 2.75) is 74.7 Å². The van der Waals surface area contributed by atoms with E-state index in [1.165, 1.54) is 6.07 Å². The summed E-state index contributed by atoms with van der Waals surface area (Å²) in [4.78, 5) is 31.1. The predicted octanol–water partition coefficient (Wildman–Crippen LogP) is 3.32. The first-order chi connectivity index (χ1) is 17.2. The van der Waals surface area contributed by atoms with Crippen molar-refractivity contribution in [1.82, 2.24) is 15.2 Å². The normalized spacial score (nSPS) is 27.6. The largest absolute Gasteiger partial charge is 0.417 e. The van der Waals surface area contributed by atoms with Gasteiger partial charge in [0, 0.05) is 35.3 Å². The maximum atomic E-state index is 14.0. The Bertz CT molecular complexity index is 1130. The van der Waals surface area contributed by atoms with Gasteiger partial charge in [0.05, 0.1) is 6.20 Å². The molecule has 5 N–H and O–H groups in total. The Balaban J connectivity index is 1.35. The number of amides is 2. The van der Waals surface area contributed by atoms with Crippen molar-refractivity contribution in [2.75, 3.05) is 6.54 Å². The Morgan fingerprint density at radius 3 is 2.49 bits per heavy atom. The van der Waals surface area contributed by atoms with E-state index in [9.17, 15) is 32.3 Å². The molecule has 2 heterocycles. The van der Waals surface area contributed by atoms with Gasteiger partial charge in [-0.05, 0) is 63.5 Å². The third-order valence-corrected chi connectivity index (χ3v) is 7.90. The third kappa shape index (κ3) is 5.59. The summed E-state index contributed by atoms with van der Waals surface area (Å²) in [7, 11) is 0. The highest BCUT2D eigenvalue weighted by atomic mass is 35.5. The van der Waals surface area contributed by atoms with E-state index in [1.807, 2.05) is 0 Å². The zero-order valence-electron chi connectivity index (χ0n) is 19.9. The van der Waals surface area contributed by atoms with Crippen molar-refractivity contribution < 1.29 is 32.3 Å². The van der Waals surface area contributed by atoms with Crippen molar-refractivity contribution >= 4 is 34.8 Å². The van der Waals surface area contributed by atoms with Gasteiger partial charge in [0.1, 0.15) is 10.9 Å². The summed E-state index contributed by atoms with van der Waals surface area (Å²) < 4.78 is 53.1. The Kier molecular flexibility index (Phi) is 7.28. The first kappa shape index (κ1) is 27.3. The molecule has 1 saturated heterocycles. The monoisotopic (exact) mass is 545 g/mol. The summed E-state index contributed by atoms with van der Waals surface area (Å²) in [6.45, 7) is 0.223. The molecule has 2 saturated carbocycles. The molecule has 1 atom stereocenters. The van der Waals surface area contributed by atoms with Gasteiger partial charge in [-0.2, -0.15) is 13.2 Å². The van der Waals surface area contributed by atoms with Crippen LogP contribution in [0.5, 0.6) is 0 Å². The van der Waals surface area contributed by atoms with Gasteiger partial charge in [0.2, 0.25) is 5.91 Å². The standard InChI is InChI=1S/C24H28ClF4N5O3/c25-19-9-15(16(26)12-32-19)17(30)10-18(31)21(36)34-8-3-13(11-22(34)6-7-22)20(35)33-14-1-4-23(37,5-2-14)24(27,28)29/h9-10,12-14,31,37H,1-8,11,30H2,(H,33,35)/b17-10-,31-18?/t13-,14-,23-/m1/s1. The molecule has 1 aromatic rings. The number of nitrogens with zero attached hydrogens (tertiary/aromatic N) is 2. The number of piperidine rings is 1. The fourth-order valence-corrected chi connectivity index (χ4v) is 5.43. The minimum atomic E-state index is -4.70. The van der Waals surface area contributed by atoms with Crippen LogP contribution in [-0.4, -0.2) is 62.4 Å². The molecule has 13 heteroatoms. The van der Waals surface area contributed by atoms with Crippen molar-refractivity contribution in [2.24, 2.45) is 11.7 Å². The maximum absolute atomic E-state index is 14.0. The van der Waals surface area contributed by atoms with E-state index in [2.05, 4.69) is 10.3 Å². The number of hydrogen-bond acceptors (Lipinski definition) is 6. The molecule has 202 valence electrons. The number of nitrogens with one attached hydrogen (secondary N) is 2. The summed E-state index contributed by atoms with van der Waals surface area (Å²) in [6, 6.07) is 0.747. The van der Waals surface area contributed by atoms with Crippen LogP contribution in [0, 0.1) is 17.1 Å². The lowest BCUT2D eigenvalue weighted by Crippen LogP contribution is -2.54. The molecule has 8 nitrogen and oxygen atoms in total. The fourth-order valence-electron chi connectivity index (χ4n) is 5.27. The summed E-state index contributed by atoms with van der Waals surface area (Å²) in [5, 5.41) is 20.9. The van der Waals surface area contributed by atoms with E-state index in [0.717, 1.165) is 12.3 Å². The minimum absolute atomic E-state index is 0.00662. The first-order valence-electron chi connectivity index (χ1n) is 12.0. The fraction of sp³-hybridized carbons (Fsp3) is 0.583. The maximum Gasteiger partial charge on any atom is 0.417 e. The van der Waals surface area contributed by atoms with Crippen LogP contribution in [-0.2, 0) is 9.59 Å². The molecule has 3 aliphatic rings. The second kappa shape index (κ2) is 9.86. The van der Waals surface area contributed by atoms with E-state index in [-0.39, 0.29) is 41.7 Å². The number of nitrogens with two attached hydrogens (primary N) is 1. The second-order valence-corrected chi connectivity index (χ2v) is 10.6. The smallest absolute Gasteiger partial charge is 0.398 e.